The van der Waals surface area contributed by atoms with E-state index in [1.54, 1.807) is 4.90 Å². The Labute approximate surface area is 88.3 Å². The van der Waals surface area contributed by atoms with Crippen molar-refractivity contribution in [2.24, 2.45) is 0 Å². The maximum Gasteiger partial charge on any atom is 0.305 e. The van der Waals surface area contributed by atoms with Crippen LogP contribution in [0, 0.1) is 0 Å². The maximum absolute atomic E-state index is 11.1. The summed E-state index contributed by atoms with van der Waals surface area (Å²) in [6.07, 6.45) is 1.50. The van der Waals surface area contributed by atoms with Crippen molar-refractivity contribution < 1.29 is 19.1 Å². The second-order valence-electron chi connectivity index (χ2n) is 3.90. The molecule has 0 aromatic carbocycles. The van der Waals surface area contributed by atoms with E-state index in [9.17, 15) is 9.59 Å². The SMILES string of the molecule is CCCC(=O)OCC1CN2C(=O)CC2O1. The van der Waals surface area contributed by atoms with Crippen LogP contribution >= 0.6 is 0 Å². The Morgan fingerprint density at radius 1 is 1.67 bits per heavy atom. The van der Waals surface area contributed by atoms with E-state index >= 15 is 0 Å². The lowest BCUT2D eigenvalue weighted by atomic mass is 10.2. The second-order valence-corrected chi connectivity index (χ2v) is 3.90. The molecule has 0 aliphatic carbocycles. The van der Waals surface area contributed by atoms with Crippen molar-refractivity contribution in [2.45, 2.75) is 38.5 Å². The van der Waals surface area contributed by atoms with Crippen molar-refractivity contribution in [3.8, 4) is 0 Å². The van der Waals surface area contributed by atoms with E-state index in [0.717, 1.165) is 6.42 Å². The van der Waals surface area contributed by atoms with Crippen molar-refractivity contribution in [3.05, 3.63) is 0 Å². The first kappa shape index (κ1) is 10.4. The lowest BCUT2D eigenvalue weighted by Crippen LogP contribution is -2.48. The highest BCUT2D eigenvalue weighted by Crippen LogP contribution is 2.28. The first-order valence-electron chi connectivity index (χ1n) is 5.31. The molecular weight excluding hydrogens is 198 g/mol. The molecule has 2 heterocycles. The largest absolute Gasteiger partial charge is 0.463 e. The average Bonchev–Trinajstić information content (AvgIpc) is 2.53. The third-order valence-electron chi connectivity index (χ3n) is 2.65. The molecule has 15 heavy (non-hydrogen) atoms. The number of fused-ring (bicyclic) bond motifs is 1. The molecule has 2 atom stereocenters. The van der Waals surface area contributed by atoms with Gasteiger partial charge < -0.3 is 14.4 Å². The van der Waals surface area contributed by atoms with Gasteiger partial charge >= 0.3 is 5.97 Å². The fourth-order valence-electron chi connectivity index (χ4n) is 1.80. The highest BCUT2D eigenvalue weighted by molar-refractivity contribution is 5.83. The van der Waals surface area contributed by atoms with Gasteiger partial charge in [0.25, 0.3) is 0 Å². The molecule has 2 fully saturated rings. The molecule has 5 nitrogen and oxygen atoms in total. The highest BCUT2D eigenvalue weighted by atomic mass is 16.6. The predicted molar refractivity (Wildman–Crippen MR) is 50.9 cm³/mol. The molecule has 0 saturated carbocycles. The molecule has 2 rings (SSSR count). The van der Waals surface area contributed by atoms with E-state index in [2.05, 4.69) is 0 Å². The zero-order valence-electron chi connectivity index (χ0n) is 8.77. The number of rotatable bonds is 4. The first-order chi connectivity index (χ1) is 7.20. The van der Waals surface area contributed by atoms with Crippen molar-refractivity contribution in [2.75, 3.05) is 13.2 Å². The van der Waals surface area contributed by atoms with Crippen molar-refractivity contribution >= 4 is 11.9 Å². The lowest BCUT2D eigenvalue weighted by Gasteiger charge is -2.31. The summed E-state index contributed by atoms with van der Waals surface area (Å²) in [6, 6.07) is 0. The van der Waals surface area contributed by atoms with Crippen molar-refractivity contribution in [1.29, 1.82) is 0 Å². The number of carbonyl (C=O) groups excluding carboxylic acids is 2. The topological polar surface area (TPSA) is 55.8 Å². The minimum Gasteiger partial charge on any atom is -0.463 e. The van der Waals surface area contributed by atoms with Crippen LogP contribution in [0.3, 0.4) is 0 Å². The lowest BCUT2D eigenvalue weighted by molar-refractivity contribution is -0.159. The third kappa shape index (κ3) is 2.12. The average molecular weight is 213 g/mol. The molecular formula is C10H15NO4. The van der Waals surface area contributed by atoms with Crippen LogP contribution in [-0.2, 0) is 19.1 Å². The van der Waals surface area contributed by atoms with E-state index in [1.165, 1.54) is 0 Å². The van der Waals surface area contributed by atoms with Gasteiger partial charge in [-0.1, -0.05) is 6.92 Å². The fraction of sp³-hybridized carbons (Fsp3) is 0.800. The summed E-state index contributed by atoms with van der Waals surface area (Å²) < 4.78 is 10.5. The summed E-state index contributed by atoms with van der Waals surface area (Å²) >= 11 is 0. The van der Waals surface area contributed by atoms with E-state index in [1.807, 2.05) is 6.92 Å². The molecule has 0 aromatic heterocycles. The monoisotopic (exact) mass is 213 g/mol. The smallest absolute Gasteiger partial charge is 0.305 e. The number of nitrogens with zero attached hydrogens (tertiary/aromatic N) is 1. The number of amides is 1. The predicted octanol–water partition coefficient (Wildman–Crippen LogP) is 0.287. The van der Waals surface area contributed by atoms with Crippen molar-refractivity contribution in [1.82, 2.24) is 4.90 Å². The van der Waals surface area contributed by atoms with Gasteiger partial charge in [0.1, 0.15) is 18.9 Å². The first-order valence-corrected chi connectivity index (χ1v) is 5.31. The standard InChI is InChI=1S/C10H15NO4/c1-2-3-10(13)14-6-7-5-11-8(12)4-9(11)15-7/h7,9H,2-6H2,1H3. The molecule has 0 bridgehead atoms. The molecule has 0 spiro atoms. The zero-order chi connectivity index (χ0) is 10.8. The van der Waals surface area contributed by atoms with Crippen LogP contribution in [0.4, 0.5) is 0 Å². The van der Waals surface area contributed by atoms with Gasteiger partial charge in [-0.2, -0.15) is 0 Å². The van der Waals surface area contributed by atoms with Crippen LogP contribution in [0.5, 0.6) is 0 Å². The van der Waals surface area contributed by atoms with Crippen LogP contribution < -0.4 is 0 Å². The third-order valence-corrected chi connectivity index (χ3v) is 2.65. The van der Waals surface area contributed by atoms with E-state index in [4.69, 9.17) is 9.47 Å². The molecule has 0 radical (unpaired) electrons. The normalized spacial score (nSPS) is 28.6. The summed E-state index contributed by atoms with van der Waals surface area (Å²) in [4.78, 5) is 23.8. The molecule has 1 amide bonds. The van der Waals surface area contributed by atoms with Crippen LogP contribution in [-0.4, -0.2) is 42.3 Å². The van der Waals surface area contributed by atoms with Crippen LogP contribution in [0.1, 0.15) is 26.2 Å². The van der Waals surface area contributed by atoms with Crippen LogP contribution in [0.25, 0.3) is 0 Å². The fourth-order valence-corrected chi connectivity index (χ4v) is 1.80. The van der Waals surface area contributed by atoms with Gasteiger partial charge in [-0.15, -0.1) is 0 Å². The van der Waals surface area contributed by atoms with Gasteiger partial charge in [0.2, 0.25) is 5.91 Å². The highest BCUT2D eigenvalue weighted by Gasteiger charge is 2.45. The summed E-state index contributed by atoms with van der Waals surface area (Å²) in [5, 5.41) is 0. The Balaban J connectivity index is 1.69. The molecule has 2 saturated heterocycles. The van der Waals surface area contributed by atoms with Gasteiger partial charge in [0.15, 0.2) is 0 Å². The number of β-lactam (4-membered cyclic amide) rings is 1. The molecule has 2 unspecified atom stereocenters. The quantitative estimate of drug-likeness (QED) is 0.497. The van der Waals surface area contributed by atoms with E-state index < -0.39 is 0 Å². The Morgan fingerprint density at radius 3 is 3.07 bits per heavy atom. The van der Waals surface area contributed by atoms with Gasteiger partial charge in [0.05, 0.1) is 13.0 Å². The summed E-state index contributed by atoms with van der Waals surface area (Å²) in [6.45, 7) is 2.75. The minimum atomic E-state index is -0.193. The molecule has 0 N–H and O–H groups in total. The number of carbonyl (C=O) groups is 2. The number of hydrogen-bond donors (Lipinski definition) is 0. The Hall–Kier alpha value is -1.10. The summed E-state index contributed by atoms with van der Waals surface area (Å²) in [5.41, 5.74) is 0. The molecule has 5 heteroatoms. The van der Waals surface area contributed by atoms with Gasteiger partial charge in [0, 0.05) is 6.42 Å². The van der Waals surface area contributed by atoms with Gasteiger partial charge in [-0.25, -0.2) is 0 Å². The number of ether oxygens (including phenoxy) is 2. The Bertz CT molecular complexity index is 279. The molecule has 2 aliphatic heterocycles. The Kier molecular flexibility index (Phi) is 2.90. The van der Waals surface area contributed by atoms with E-state index in [0.29, 0.717) is 19.4 Å². The minimum absolute atomic E-state index is 0.0626. The van der Waals surface area contributed by atoms with Gasteiger partial charge in [-0.05, 0) is 6.42 Å². The van der Waals surface area contributed by atoms with Gasteiger partial charge in [-0.3, -0.25) is 9.59 Å². The molecule has 2 aliphatic rings. The number of hydrogen-bond acceptors (Lipinski definition) is 4. The number of esters is 1. The van der Waals surface area contributed by atoms with Crippen LogP contribution in [0.2, 0.25) is 0 Å². The second kappa shape index (κ2) is 4.18. The summed E-state index contributed by atoms with van der Waals surface area (Å²) in [7, 11) is 0. The summed E-state index contributed by atoms with van der Waals surface area (Å²) in [5.74, 6) is -0.0657. The zero-order valence-corrected chi connectivity index (χ0v) is 8.77. The maximum atomic E-state index is 11.1. The van der Waals surface area contributed by atoms with Crippen LogP contribution in [0.15, 0.2) is 0 Å². The molecule has 84 valence electrons. The van der Waals surface area contributed by atoms with Crippen molar-refractivity contribution in [3.63, 3.8) is 0 Å². The Morgan fingerprint density at radius 2 is 2.47 bits per heavy atom. The van der Waals surface area contributed by atoms with E-state index in [-0.39, 0.29) is 30.8 Å². The molecule has 0 aromatic rings.